The van der Waals surface area contributed by atoms with Crippen LogP contribution in [-0.2, 0) is 20.8 Å². The van der Waals surface area contributed by atoms with Crippen molar-refractivity contribution in [3.05, 3.63) is 59.7 Å². The highest BCUT2D eigenvalue weighted by Crippen LogP contribution is 2.24. The van der Waals surface area contributed by atoms with E-state index in [1.165, 1.54) is 0 Å². The maximum Gasteiger partial charge on any atom is 0.162 e. The van der Waals surface area contributed by atoms with Gasteiger partial charge in [-0.2, -0.15) is 0 Å². The normalized spacial score (nSPS) is 14.3. The van der Waals surface area contributed by atoms with Crippen LogP contribution in [0.2, 0.25) is 0 Å². The predicted octanol–water partition coefficient (Wildman–Crippen LogP) is 4.78. The van der Waals surface area contributed by atoms with E-state index in [1.807, 2.05) is 48.5 Å². The fourth-order valence-electron chi connectivity index (χ4n) is 3.88. The molecule has 0 radical (unpaired) electrons. The number of rotatable bonds is 9. The Bertz CT molecular complexity index is 991. The molecular formula is C27H26O4. The largest absolute Gasteiger partial charge is 0.299 e. The summed E-state index contributed by atoms with van der Waals surface area (Å²) in [6.45, 7) is 0. The maximum atomic E-state index is 12.5. The number of unbranched alkanes of at least 4 members (excludes halogenated alkanes) is 2. The Morgan fingerprint density at radius 1 is 0.871 bits per heavy atom. The van der Waals surface area contributed by atoms with Gasteiger partial charge in [0.2, 0.25) is 0 Å². The summed E-state index contributed by atoms with van der Waals surface area (Å²) < 4.78 is 0. The number of carbonyl (C=O) groups is 4. The third-order valence-corrected chi connectivity index (χ3v) is 5.65. The lowest BCUT2D eigenvalue weighted by molar-refractivity contribution is -0.136. The highest BCUT2D eigenvalue weighted by molar-refractivity contribution is 6.05. The molecule has 0 amide bonds. The van der Waals surface area contributed by atoms with Crippen molar-refractivity contribution in [2.45, 2.75) is 51.4 Å². The van der Waals surface area contributed by atoms with Crippen molar-refractivity contribution < 1.29 is 19.2 Å². The highest BCUT2D eigenvalue weighted by atomic mass is 16.2. The summed E-state index contributed by atoms with van der Waals surface area (Å²) in [6, 6.07) is 15.2. The van der Waals surface area contributed by atoms with Gasteiger partial charge in [-0.1, -0.05) is 48.5 Å². The number of carbonyl (C=O) groups excluding carboxylic acids is 4. The van der Waals surface area contributed by atoms with E-state index in [9.17, 15) is 19.2 Å². The first kappa shape index (κ1) is 22.4. The predicted molar refractivity (Wildman–Crippen MR) is 120 cm³/mol. The van der Waals surface area contributed by atoms with Crippen molar-refractivity contribution in [1.29, 1.82) is 0 Å². The third-order valence-electron chi connectivity index (χ3n) is 5.65. The summed E-state index contributed by atoms with van der Waals surface area (Å²) in [5, 5.41) is 0. The molecule has 4 heteroatoms. The summed E-state index contributed by atoms with van der Waals surface area (Å²) in [5.74, 6) is 1.89. The van der Waals surface area contributed by atoms with Crippen molar-refractivity contribution in [2.75, 3.05) is 0 Å². The summed E-state index contributed by atoms with van der Waals surface area (Å²) in [6.07, 6.45) is 8.64. The number of hydrogen-bond acceptors (Lipinski definition) is 4. The second-order valence-electron chi connectivity index (χ2n) is 8.11. The molecular weight excluding hydrogens is 388 g/mol. The fourth-order valence-corrected chi connectivity index (χ4v) is 3.88. The van der Waals surface area contributed by atoms with Gasteiger partial charge < -0.3 is 0 Å². The van der Waals surface area contributed by atoms with Gasteiger partial charge in [0, 0.05) is 43.6 Å². The summed E-state index contributed by atoms with van der Waals surface area (Å²) in [7, 11) is 0. The molecule has 2 aromatic rings. The first-order chi connectivity index (χ1) is 15.0. The van der Waals surface area contributed by atoms with E-state index in [2.05, 4.69) is 5.92 Å². The molecule has 0 aliphatic heterocycles. The van der Waals surface area contributed by atoms with Gasteiger partial charge in [0.25, 0.3) is 0 Å². The van der Waals surface area contributed by atoms with Gasteiger partial charge in [0.05, 0.1) is 6.42 Å². The number of hydrogen-bond donors (Lipinski definition) is 0. The van der Waals surface area contributed by atoms with Gasteiger partial charge in [0.1, 0.15) is 17.3 Å². The standard InChI is InChI=1S/C27H26O4/c1-2-3-4-5-6-26(30)22-13-11-21(12-14-22)20-9-7-19(8-10-20)15-27(31)23-16-24(28)18-25(29)17-23/h1,7-14,23H,3-6,15-18H2. The Hall–Kier alpha value is -3.32. The van der Waals surface area contributed by atoms with E-state index in [0.717, 1.165) is 29.5 Å². The highest BCUT2D eigenvalue weighted by Gasteiger charge is 2.30. The zero-order chi connectivity index (χ0) is 22.2. The molecule has 0 heterocycles. The van der Waals surface area contributed by atoms with Crippen molar-refractivity contribution in [1.82, 2.24) is 0 Å². The zero-order valence-corrected chi connectivity index (χ0v) is 17.6. The van der Waals surface area contributed by atoms with Crippen LogP contribution >= 0.6 is 0 Å². The van der Waals surface area contributed by atoms with E-state index in [-0.39, 0.29) is 48.8 Å². The van der Waals surface area contributed by atoms with Crippen LogP contribution in [-0.4, -0.2) is 23.1 Å². The Kier molecular flexibility index (Phi) is 7.67. The number of ketones is 4. The van der Waals surface area contributed by atoms with Crippen molar-refractivity contribution in [3.8, 4) is 23.5 Å². The van der Waals surface area contributed by atoms with E-state index in [1.54, 1.807) is 0 Å². The molecule has 0 aromatic heterocycles. The van der Waals surface area contributed by atoms with Crippen LogP contribution in [0.5, 0.6) is 0 Å². The van der Waals surface area contributed by atoms with Gasteiger partial charge in [-0.05, 0) is 29.5 Å². The Morgan fingerprint density at radius 2 is 1.45 bits per heavy atom. The number of terminal acetylenes is 1. The summed E-state index contributed by atoms with van der Waals surface area (Å²) in [4.78, 5) is 47.9. The zero-order valence-electron chi connectivity index (χ0n) is 17.6. The quantitative estimate of drug-likeness (QED) is 0.256. The van der Waals surface area contributed by atoms with Gasteiger partial charge >= 0.3 is 0 Å². The Labute approximate surface area is 183 Å². The van der Waals surface area contributed by atoms with Crippen LogP contribution in [0, 0.1) is 18.3 Å². The van der Waals surface area contributed by atoms with Gasteiger partial charge in [-0.15, -0.1) is 12.3 Å². The van der Waals surface area contributed by atoms with E-state index >= 15 is 0 Å². The van der Waals surface area contributed by atoms with Crippen LogP contribution in [0.25, 0.3) is 11.1 Å². The average molecular weight is 415 g/mol. The maximum absolute atomic E-state index is 12.5. The second kappa shape index (κ2) is 10.6. The molecule has 3 rings (SSSR count). The lowest BCUT2D eigenvalue weighted by Crippen LogP contribution is -2.29. The Morgan fingerprint density at radius 3 is 2.03 bits per heavy atom. The minimum Gasteiger partial charge on any atom is -0.299 e. The molecule has 0 N–H and O–H groups in total. The van der Waals surface area contributed by atoms with Crippen LogP contribution in [0.3, 0.4) is 0 Å². The average Bonchev–Trinajstić information content (AvgIpc) is 2.76. The molecule has 0 spiro atoms. The van der Waals surface area contributed by atoms with Crippen LogP contribution < -0.4 is 0 Å². The minimum absolute atomic E-state index is 0.0331. The SMILES string of the molecule is C#CCCCCC(=O)c1ccc(-c2ccc(CC(=O)C3CC(=O)CC(=O)C3)cc2)cc1. The molecule has 0 bridgehead atoms. The topological polar surface area (TPSA) is 68.3 Å². The van der Waals surface area contributed by atoms with E-state index < -0.39 is 5.92 Å². The lowest BCUT2D eigenvalue weighted by atomic mass is 9.83. The van der Waals surface area contributed by atoms with Gasteiger partial charge in [-0.3, -0.25) is 19.2 Å². The van der Waals surface area contributed by atoms with Crippen LogP contribution in [0.4, 0.5) is 0 Å². The smallest absolute Gasteiger partial charge is 0.162 e. The Balaban J connectivity index is 1.58. The van der Waals surface area contributed by atoms with Crippen molar-refractivity contribution in [2.24, 2.45) is 5.92 Å². The molecule has 1 fully saturated rings. The summed E-state index contributed by atoms with van der Waals surface area (Å²) >= 11 is 0. The van der Waals surface area contributed by atoms with E-state index in [0.29, 0.717) is 18.4 Å². The molecule has 4 nitrogen and oxygen atoms in total. The third kappa shape index (κ3) is 6.33. The van der Waals surface area contributed by atoms with Gasteiger partial charge in [-0.25, -0.2) is 0 Å². The molecule has 1 aliphatic carbocycles. The molecule has 1 saturated carbocycles. The first-order valence-electron chi connectivity index (χ1n) is 10.7. The van der Waals surface area contributed by atoms with Crippen LogP contribution in [0.1, 0.15) is 60.9 Å². The first-order valence-corrected chi connectivity index (χ1v) is 10.7. The monoisotopic (exact) mass is 414 g/mol. The second-order valence-corrected chi connectivity index (χ2v) is 8.11. The number of benzene rings is 2. The van der Waals surface area contributed by atoms with Gasteiger partial charge in [0.15, 0.2) is 5.78 Å². The van der Waals surface area contributed by atoms with Crippen molar-refractivity contribution in [3.63, 3.8) is 0 Å². The van der Waals surface area contributed by atoms with E-state index in [4.69, 9.17) is 6.42 Å². The number of Topliss-reactive ketones (excluding diaryl/α,β-unsaturated/α-hetero) is 4. The molecule has 0 unspecified atom stereocenters. The minimum atomic E-state index is -0.481. The molecule has 31 heavy (non-hydrogen) atoms. The lowest BCUT2D eigenvalue weighted by Gasteiger charge is -2.18. The summed E-state index contributed by atoms with van der Waals surface area (Å²) in [5.41, 5.74) is 3.54. The molecule has 158 valence electrons. The fraction of sp³-hybridized carbons (Fsp3) is 0.333. The molecule has 0 atom stereocenters. The van der Waals surface area contributed by atoms with Crippen LogP contribution in [0.15, 0.2) is 48.5 Å². The molecule has 1 aliphatic rings. The molecule has 0 saturated heterocycles. The molecule has 2 aromatic carbocycles. The van der Waals surface area contributed by atoms with Crippen molar-refractivity contribution >= 4 is 23.1 Å².